The number of carbonyl (C=O) groups is 3. The molecule has 1 saturated heterocycles. The zero-order chi connectivity index (χ0) is 24.9. The first-order valence-electron chi connectivity index (χ1n) is 12.1. The molecule has 2 N–H and O–H groups in total. The lowest BCUT2D eigenvalue weighted by Crippen LogP contribution is -2.57. The van der Waals surface area contributed by atoms with Crippen molar-refractivity contribution in [3.8, 4) is 11.1 Å². The van der Waals surface area contributed by atoms with E-state index in [4.69, 9.17) is 14.6 Å². The van der Waals surface area contributed by atoms with Gasteiger partial charge in [-0.05, 0) is 42.0 Å². The van der Waals surface area contributed by atoms with Crippen molar-refractivity contribution in [2.24, 2.45) is 0 Å². The Kier molecular flexibility index (Phi) is 7.70. The summed E-state index contributed by atoms with van der Waals surface area (Å²) in [4.78, 5) is 39.0. The maximum atomic E-state index is 13.3. The first kappa shape index (κ1) is 24.7. The van der Waals surface area contributed by atoms with Crippen LogP contribution in [0.5, 0.6) is 0 Å². The van der Waals surface area contributed by atoms with E-state index in [0.29, 0.717) is 13.2 Å². The zero-order valence-corrected chi connectivity index (χ0v) is 20.1. The van der Waals surface area contributed by atoms with Gasteiger partial charge in [-0.25, -0.2) is 4.79 Å². The molecule has 8 heteroatoms. The molecule has 8 nitrogen and oxygen atoms in total. The normalized spacial score (nSPS) is 20.0. The lowest BCUT2D eigenvalue weighted by atomic mass is 9.98. The van der Waals surface area contributed by atoms with Gasteiger partial charge in [-0.3, -0.25) is 9.59 Å². The fraction of sp³-hybridized carbons (Fsp3) is 0.444. The first-order valence-corrected chi connectivity index (χ1v) is 12.1. The summed E-state index contributed by atoms with van der Waals surface area (Å²) in [5.74, 6) is -1.45. The molecule has 0 radical (unpaired) electrons. The molecule has 1 fully saturated rings. The summed E-state index contributed by atoms with van der Waals surface area (Å²) in [5.41, 5.74) is 4.43. The van der Waals surface area contributed by atoms with Gasteiger partial charge >= 0.3 is 12.1 Å². The summed E-state index contributed by atoms with van der Waals surface area (Å²) < 4.78 is 11.3. The van der Waals surface area contributed by atoms with Crippen LogP contribution in [0.15, 0.2) is 48.5 Å². The highest BCUT2D eigenvalue weighted by molar-refractivity contribution is 5.86. The minimum Gasteiger partial charge on any atom is -0.481 e. The Morgan fingerprint density at radius 3 is 2.34 bits per heavy atom. The minimum absolute atomic E-state index is 0.0147. The number of carbonyl (C=O) groups excluding carboxylic acids is 2. The number of ether oxygens (including phenoxy) is 2. The van der Waals surface area contributed by atoms with Crippen molar-refractivity contribution in [2.75, 3.05) is 19.8 Å². The van der Waals surface area contributed by atoms with E-state index in [9.17, 15) is 14.4 Å². The smallest absolute Gasteiger partial charge is 0.407 e. The van der Waals surface area contributed by atoms with Crippen molar-refractivity contribution >= 4 is 18.0 Å². The number of fused-ring (bicyclic) bond motifs is 3. The van der Waals surface area contributed by atoms with Crippen molar-refractivity contribution in [1.82, 2.24) is 10.2 Å². The Bertz CT molecular complexity index is 1040. The number of aliphatic carboxylic acids is 1. The predicted octanol–water partition coefficient (Wildman–Crippen LogP) is 3.78. The highest BCUT2D eigenvalue weighted by Gasteiger charge is 2.35. The summed E-state index contributed by atoms with van der Waals surface area (Å²) in [6.45, 7) is 4.80. The second kappa shape index (κ2) is 10.9. The van der Waals surface area contributed by atoms with Gasteiger partial charge in [0.1, 0.15) is 12.6 Å². The van der Waals surface area contributed by atoms with Crippen LogP contribution in [0.25, 0.3) is 11.1 Å². The third-order valence-electron chi connectivity index (χ3n) is 6.82. The minimum atomic E-state index is -1.03. The van der Waals surface area contributed by atoms with Crippen molar-refractivity contribution in [3.05, 3.63) is 59.7 Å². The molecule has 2 aromatic rings. The van der Waals surface area contributed by atoms with Gasteiger partial charge in [0.05, 0.1) is 18.8 Å². The number of benzene rings is 2. The first-order chi connectivity index (χ1) is 16.9. The third-order valence-corrected chi connectivity index (χ3v) is 6.82. The number of nitrogens with zero attached hydrogens (tertiary/aromatic N) is 1. The standard InChI is InChI=1S/C27H32N2O6/c1-3-18-14-29(17(2)15-34-18)26(32)24(12-13-25(30)31)28-27(33)35-16-23-21-10-6-4-8-19(21)20-9-5-7-11-22(20)23/h4-11,17-18,23-24H,3,12-16H2,1-2H3,(H,28,33)(H,30,31). The van der Waals surface area contributed by atoms with E-state index in [1.54, 1.807) is 4.90 Å². The van der Waals surface area contributed by atoms with E-state index in [1.807, 2.05) is 50.2 Å². The van der Waals surface area contributed by atoms with Gasteiger partial charge in [0.15, 0.2) is 0 Å². The molecular formula is C27H32N2O6. The molecule has 4 rings (SSSR count). The SMILES string of the molecule is CCC1CN(C(=O)C(CCC(=O)O)NC(=O)OCC2c3ccccc3-c3ccccc32)C(C)CO1. The Labute approximate surface area is 205 Å². The van der Waals surface area contributed by atoms with Crippen molar-refractivity contribution in [1.29, 1.82) is 0 Å². The van der Waals surface area contributed by atoms with Gasteiger partial charge in [0.25, 0.3) is 0 Å². The highest BCUT2D eigenvalue weighted by Crippen LogP contribution is 2.44. The van der Waals surface area contributed by atoms with Crippen LogP contribution >= 0.6 is 0 Å². The molecule has 2 amide bonds. The predicted molar refractivity (Wildman–Crippen MR) is 130 cm³/mol. The van der Waals surface area contributed by atoms with Crippen LogP contribution in [-0.4, -0.2) is 65.9 Å². The summed E-state index contributed by atoms with van der Waals surface area (Å²) in [6.07, 6.45) is -0.306. The molecular weight excluding hydrogens is 448 g/mol. The number of nitrogens with one attached hydrogen (secondary N) is 1. The second-order valence-corrected chi connectivity index (χ2v) is 9.16. The number of alkyl carbamates (subject to hydrolysis) is 1. The maximum Gasteiger partial charge on any atom is 0.407 e. The van der Waals surface area contributed by atoms with E-state index in [1.165, 1.54) is 0 Å². The topological polar surface area (TPSA) is 105 Å². The van der Waals surface area contributed by atoms with Crippen LogP contribution in [0.2, 0.25) is 0 Å². The molecule has 3 unspecified atom stereocenters. The molecule has 0 saturated carbocycles. The fourth-order valence-electron chi connectivity index (χ4n) is 4.88. The van der Waals surface area contributed by atoms with E-state index in [0.717, 1.165) is 28.7 Å². The van der Waals surface area contributed by atoms with E-state index >= 15 is 0 Å². The van der Waals surface area contributed by atoms with Crippen LogP contribution < -0.4 is 5.32 Å². The quantitative estimate of drug-likeness (QED) is 0.596. The molecule has 1 heterocycles. The number of carboxylic acid groups (broad SMARTS) is 1. The van der Waals surface area contributed by atoms with E-state index in [2.05, 4.69) is 17.4 Å². The van der Waals surface area contributed by atoms with Crippen LogP contribution in [0.1, 0.15) is 50.2 Å². The molecule has 1 aliphatic heterocycles. The van der Waals surface area contributed by atoms with Crippen molar-refractivity contribution in [2.45, 2.75) is 57.2 Å². The van der Waals surface area contributed by atoms with Crippen molar-refractivity contribution in [3.63, 3.8) is 0 Å². The lowest BCUT2D eigenvalue weighted by Gasteiger charge is -2.39. The highest BCUT2D eigenvalue weighted by atomic mass is 16.5. The number of carboxylic acids is 1. The van der Waals surface area contributed by atoms with Crippen LogP contribution in [0, 0.1) is 0 Å². The molecule has 2 aromatic carbocycles. The molecule has 0 bridgehead atoms. The maximum absolute atomic E-state index is 13.3. The van der Waals surface area contributed by atoms with Crippen LogP contribution in [0.3, 0.4) is 0 Å². The molecule has 186 valence electrons. The monoisotopic (exact) mass is 480 g/mol. The molecule has 3 atom stereocenters. The number of hydrogen-bond acceptors (Lipinski definition) is 5. The Morgan fingerprint density at radius 2 is 1.74 bits per heavy atom. The van der Waals surface area contributed by atoms with Gasteiger partial charge in [0, 0.05) is 18.9 Å². The van der Waals surface area contributed by atoms with Gasteiger partial charge < -0.3 is 24.8 Å². The largest absolute Gasteiger partial charge is 0.481 e. The Hall–Kier alpha value is -3.39. The van der Waals surface area contributed by atoms with Gasteiger partial charge in [-0.15, -0.1) is 0 Å². The average Bonchev–Trinajstić information content (AvgIpc) is 3.18. The Morgan fingerprint density at radius 1 is 1.11 bits per heavy atom. The van der Waals surface area contributed by atoms with Gasteiger partial charge in [0.2, 0.25) is 5.91 Å². The number of amides is 2. The fourth-order valence-corrected chi connectivity index (χ4v) is 4.88. The zero-order valence-electron chi connectivity index (χ0n) is 20.1. The van der Waals surface area contributed by atoms with E-state index < -0.39 is 18.1 Å². The number of hydrogen-bond donors (Lipinski definition) is 2. The van der Waals surface area contributed by atoms with Gasteiger partial charge in [-0.1, -0.05) is 55.5 Å². The van der Waals surface area contributed by atoms with Gasteiger partial charge in [-0.2, -0.15) is 0 Å². The van der Waals surface area contributed by atoms with Crippen LogP contribution in [0.4, 0.5) is 4.79 Å². The summed E-state index contributed by atoms with van der Waals surface area (Å²) >= 11 is 0. The number of morpholine rings is 1. The molecule has 0 spiro atoms. The number of rotatable bonds is 8. The molecule has 0 aromatic heterocycles. The summed E-state index contributed by atoms with van der Waals surface area (Å²) in [5, 5.41) is 11.8. The molecule has 2 aliphatic rings. The van der Waals surface area contributed by atoms with E-state index in [-0.39, 0.29) is 43.4 Å². The average molecular weight is 481 g/mol. The second-order valence-electron chi connectivity index (χ2n) is 9.16. The van der Waals surface area contributed by atoms with Crippen molar-refractivity contribution < 1.29 is 29.0 Å². The lowest BCUT2D eigenvalue weighted by molar-refractivity contribution is -0.147. The summed E-state index contributed by atoms with van der Waals surface area (Å²) in [6, 6.07) is 14.9. The third kappa shape index (κ3) is 5.48. The molecule has 35 heavy (non-hydrogen) atoms. The van der Waals surface area contributed by atoms with Crippen LogP contribution in [-0.2, 0) is 19.1 Å². The summed E-state index contributed by atoms with van der Waals surface area (Å²) in [7, 11) is 0. The molecule has 1 aliphatic carbocycles. The Balaban J connectivity index is 1.44.